The first kappa shape index (κ1) is 10.3. The van der Waals surface area contributed by atoms with E-state index in [9.17, 15) is 8.78 Å². The van der Waals surface area contributed by atoms with Crippen molar-refractivity contribution in [1.29, 1.82) is 0 Å². The minimum absolute atomic E-state index is 0.479. The fourth-order valence-electron chi connectivity index (χ4n) is 1.38. The summed E-state index contributed by atoms with van der Waals surface area (Å²) < 4.78 is 25.1. The molecule has 1 aliphatic heterocycles. The molecule has 1 heterocycles. The van der Waals surface area contributed by atoms with Crippen molar-refractivity contribution in [3.8, 4) is 0 Å². The average molecular weight is 244 g/mol. The molecule has 5 heteroatoms. The third-order valence-electron chi connectivity index (χ3n) is 2.06. The van der Waals surface area contributed by atoms with Crippen LogP contribution in [0.4, 0.5) is 8.78 Å². The molecule has 1 aliphatic rings. The highest BCUT2D eigenvalue weighted by atomic mass is 79.9. The molecule has 0 amide bonds. The van der Waals surface area contributed by atoms with E-state index in [0.717, 1.165) is 12.8 Å². The van der Waals surface area contributed by atoms with Crippen molar-refractivity contribution < 1.29 is 13.9 Å². The lowest BCUT2D eigenvalue weighted by Crippen LogP contribution is -2.49. The Morgan fingerprint density at radius 1 is 1.50 bits per heavy atom. The SMILES string of the molecule is OC(C1CCCCN1)C(F)(F)Br. The normalized spacial score (nSPS) is 28.5. The first-order chi connectivity index (χ1) is 5.52. The third kappa shape index (κ3) is 2.64. The second-order valence-electron chi connectivity index (χ2n) is 3.04. The third-order valence-corrected chi connectivity index (χ3v) is 2.53. The maximum Gasteiger partial charge on any atom is 0.328 e. The van der Waals surface area contributed by atoms with Crippen LogP contribution in [-0.4, -0.2) is 28.6 Å². The summed E-state index contributed by atoms with van der Waals surface area (Å²) in [4.78, 5) is -3.18. The molecule has 1 fully saturated rings. The lowest BCUT2D eigenvalue weighted by molar-refractivity contribution is -0.0513. The van der Waals surface area contributed by atoms with Crippen LogP contribution in [0.15, 0.2) is 0 Å². The number of hydrogen-bond acceptors (Lipinski definition) is 2. The summed E-state index contributed by atoms with van der Waals surface area (Å²) in [7, 11) is 0. The molecule has 0 aliphatic carbocycles. The number of hydrogen-bond donors (Lipinski definition) is 2. The number of halogens is 3. The Hall–Kier alpha value is 0.260. The van der Waals surface area contributed by atoms with Gasteiger partial charge in [0.2, 0.25) is 0 Å². The number of rotatable bonds is 2. The molecule has 1 rings (SSSR count). The zero-order valence-corrected chi connectivity index (χ0v) is 8.15. The van der Waals surface area contributed by atoms with Crippen molar-refractivity contribution in [3.63, 3.8) is 0 Å². The largest absolute Gasteiger partial charge is 0.384 e. The van der Waals surface area contributed by atoms with Gasteiger partial charge < -0.3 is 10.4 Å². The fraction of sp³-hybridized carbons (Fsp3) is 1.00. The van der Waals surface area contributed by atoms with Crippen LogP contribution in [0.5, 0.6) is 0 Å². The van der Waals surface area contributed by atoms with Gasteiger partial charge >= 0.3 is 4.83 Å². The maximum atomic E-state index is 12.5. The fourth-order valence-corrected chi connectivity index (χ4v) is 1.70. The van der Waals surface area contributed by atoms with Crippen molar-refractivity contribution in [1.82, 2.24) is 5.32 Å². The van der Waals surface area contributed by atoms with E-state index in [-0.39, 0.29) is 0 Å². The molecule has 0 aromatic heterocycles. The Morgan fingerprint density at radius 2 is 2.17 bits per heavy atom. The number of alkyl halides is 3. The summed E-state index contributed by atoms with van der Waals surface area (Å²) in [6.07, 6.45) is 0.884. The van der Waals surface area contributed by atoms with Gasteiger partial charge in [-0.1, -0.05) is 6.42 Å². The summed E-state index contributed by atoms with van der Waals surface area (Å²) in [6.45, 7) is 0.713. The van der Waals surface area contributed by atoms with Crippen LogP contribution in [0, 0.1) is 0 Å². The van der Waals surface area contributed by atoms with E-state index >= 15 is 0 Å². The van der Waals surface area contributed by atoms with Gasteiger partial charge in [-0.2, -0.15) is 8.78 Å². The van der Waals surface area contributed by atoms with Gasteiger partial charge in [0.1, 0.15) is 6.10 Å². The second-order valence-corrected chi connectivity index (χ2v) is 4.10. The van der Waals surface area contributed by atoms with Gasteiger partial charge in [0.25, 0.3) is 0 Å². The lowest BCUT2D eigenvalue weighted by atomic mass is 10.0. The molecule has 0 bridgehead atoms. The van der Waals surface area contributed by atoms with E-state index < -0.39 is 17.0 Å². The Bertz CT molecular complexity index is 145. The molecule has 12 heavy (non-hydrogen) atoms. The summed E-state index contributed by atoms with van der Waals surface area (Å²) in [5.41, 5.74) is 0. The van der Waals surface area contributed by atoms with Crippen LogP contribution in [0.1, 0.15) is 19.3 Å². The quantitative estimate of drug-likeness (QED) is 0.721. The van der Waals surface area contributed by atoms with E-state index in [1.54, 1.807) is 0 Å². The first-order valence-electron chi connectivity index (χ1n) is 4.00. The molecule has 0 aromatic rings. The summed E-state index contributed by atoms with van der Waals surface area (Å²) >= 11 is 2.16. The van der Waals surface area contributed by atoms with E-state index in [1.807, 2.05) is 0 Å². The van der Waals surface area contributed by atoms with Crippen molar-refractivity contribution >= 4 is 15.9 Å². The minimum Gasteiger partial charge on any atom is -0.384 e. The van der Waals surface area contributed by atoms with Gasteiger partial charge in [0.05, 0.1) is 0 Å². The van der Waals surface area contributed by atoms with Crippen LogP contribution in [0.3, 0.4) is 0 Å². The van der Waals surface area contributed by atoms with E-state index in [1.165, 1.54) is 0 Å². The molecular formula is C7H12BrF2NO. The maximum absolute atomic E-state index is 12.5. The standard InChI is InChI=1S/C7H12BrF2NO/c8-7(9,10)6(12)5-3-1-2-4-11-5/h5-6,11-12H,1-4H2. The Balaban J connectivity index is 2.45. The van der Waals surface area contributed by atoms with E-state index in [4.69, 9.17) is 5.11 Å². The van der Waals surface area contributed by atoms with Crippen LogP contribution in [-0.2, 0) is 0 Å². The highest BCUT2D eigenvalue weighted by molar-refractivity contribution is 9.10. The lowest BCUT2D eigenvalue weighted by Gasteiger charge is -2.30. The molecule has 2 nitrogen and oxygen atoms in total. The molecule has 0 radical (unpaired) electrons. The second kappa shape index (κ2) is 3.98. The summed E-state index contributed by atoms with van der Waals surface area (Å²) in [5, 5.41) is 12.0. The Labute approximate surface area is 78.5 Å². The van der Waals surface area contributed by atoms with Gasteiger partial charge in [-0.3, -0.25) is 0 Å². The molecular weight excluding hydrogens is 232 g/mol. The molecule has 0 saturated carbocycles. The number of aliphatic hydroxyl groups excluding tert-OH is 1. The highest BCUT2D eigenvalue weighted by Crippen LogP contribution is 2.30. The van der Waals surface area contributed by atoms with Crippen molar-refractivity contribution in [2.45, 2.75) is 36.2 Å². The van der Waals surface area contributed by atoms with Gasteiger partial charge in [0, 0.05) is 6.04 Å². The van der Waals surface area contributed by atoms with Gasteiger partial charge in [-0.05, 0) is 35.3 Å². The molecule has 0 spiro atoms. The van der Waals surface area contributed by atoms with Crippen molar-refractivity contribution in [2.24, 2.45) is 0 Å². The Morgan fingerprint density at radius 3 is 2.58 bits per heavy atom. The minimum atomic E-state index is -3.18. The molecule has 2 atom stereocenters. The van der Waals surface area contributed by atoms with Gasteiger partial charge in [0.15, 0.2) is 0 Å². The van der Waals surface area contributed by atoms with Crippen LogP contribution < -0.4 is 5.32 Å². The van der Waals surface area contributed by atoms with Crippen molar-refractivity contribution in [2.75, 3.05) is 6.54 Å². The Kier molecular flexibility index (Phi) is 3.43. The smallest absolute Gasteiger partial charge is 0.328 e. The topological polar surface area (TPSA) is 32.3 Å². The average Bonchev–Trinajstić information content (AvgIpc) is 2.03. The number of piperidine rings is 1. The predicted octanol–water partition coefficient (Wildman–Crippen LogP) is 1.48. The van der Waals surface area contributed by atoms with E-state index in [0.29, 0.717) is 13.0 Å². The first-order valence-corrected chi connectivity index (χ1v) is 4.79. The molecule has 1 saturated heterocycles. The van der Waals surface area contributed by atoms with E-state index in [2.05, 4.69) is 21.2 Å². The zero-order chi connectivity index (χ0) is 9.19. The van der Waals surface area contributed by atoms with Gasteiger partial charge in [-0.15, -0.1) is 0 Å². The van der Waals surface area contributed by atoms with Gasteiger partial charge in [-0.25, -0.2) is 0 Å². The summed E-state index contributed by atoms with van der Waals surface area (Å²) in [5.74, 6) is 0. The number of nitrogens with one attached hydrogen (secondary N) is 1. The van der Waals surface area contributed by atoms with Crippen LogP contribution in [0.25, 0.3) is 0 Å². The van der Waals surface area contributed by atoms with Crippen LogP contribution in [0.2, 0.25) is 0 Å². The molecule has 2 N–H and O–H groups in total. The molecule has 0 aromatic carbocycles. The van der Waals surface area contributed by atoms with Crippen LogP contribution >= 0.6 is 15.9 Å². The zero-order valence-electron chi connectivity index (χ0n) is 6.56. The highest BCUT2D eigenvalue weighted by Gasteiger charge is 2.40. The monoisotopic (exact) mass is 243 g/mol. The molecule has 72 valence electrons. The number of aliphatic hydroxyl groups is 1. The molecule has 2 unspecified atom stereocenters. The van der Waals surface area contributed by atoms with Crippen molar-refractivity contribution in [3.05, 3.63) is 0 Å². The summed E-state index contributed by atoms with van der Waals surface area (Å²) in [6, 6.07) is -0.479. The predicted molar refractivity (Wildman–Crippen MR) is 45.5 cm³/mol.